The summed E-state index contributed by atoms with van der Waals surface area (Å²) in [6, 6.07) is 10.2. The molecule has 2 aromatic rings. The first-order chi connectivity index (χ1) is 9.54. The fraction of sp³-hybridized carbons (Fsp3) is 0.267. The molecule has 106 valence electrons. The van der Waals surface area contributed by atoms with Crippen molar-refractivity contribution in [1.82, 2.24) is 5.32 Å². The SMILES string of the molecule is CC(Cc1ccc(Br)cc1)NCc1cc(C(N)=O)co1. The van der Waals surface area contributed by atoms with Gasteiger partial charge < -0.3 is 15.5 Å². The topological polar surface area (TPSA) is 68.3 Å². The summed E-state index contributed by atoms with van der Waals surface area (Å²) in [6.45, 7) is 2.69. The highest BCUT2D eigenvalue weighted by Gasteiger charge is 2.08. The molecule has 0 aliphatic heterocycles. The van der Waals surface area contributed by atoms with E-state index >= 15 is 0 Å². The van der Waals surface area contributed by atoms with Crippen LogP contribution in [-0.4, -0.2) is 11.9 Å². The second-order valence-electron chi connectivity index (χ2n) is 4.78. The van der Waals surface area contributed by atoms with Crippen molar-refractivity contribution in [3.8, 4) is 0 Å². The van der Waals surface area contributed by atoms with Gasteiger partial charge in [0.05, 0.1) is 12.1 Å². The number of hydrogen-bond donors (Lipinski definition) is 2. The number of primary amides is 1. The van der Waals surface area contributed by atoms with Crippen molar-refractivity contribution in [3.05, 3.63) is 58.0 Å². The summed E-state index contributed by atoms with van der Waals surface area (Å²) in [5.41, 5.74) is 6.85. The Labute approximate surface area is 126 Å². The number of halogens is 1. The Hall–Kier alpha value is -1.59. The molecule has 0 bridgehead atoms. The summed E-state index contributed by atoms with van der Waals surface area (Å²) >= 11 is 3.42. The Bertz CT molecular complexity index is 578. The number of carbonyl (C=O) groups excluding carboxylic acids is 1. The van der Waals surface area contributed by atoms with Crippen molar-refractivity contribution in [2.75, 3.05) is 0 Å². The van der Waals surface area contributed by atoms with Gasteiger partial charge in [0, 0.05) is 10.5 Å². The smallest absolute Gasteiger partial charge is 0.251 e. The first-order valence-corrected chi connectivity index (χ1v) is 7.19. The second kappa shape index (κ2) is 6.72. The van der Waals surface area contributed by atoms with Crippen LogP contribution in [-0.2, 0) is 13.0 Å². The Balaban J connectivity index is 1.83. The molecule has 0 aliphatic rings. The highest BCUT2D eigenvalue weighted by atomic mass is 79.9. The minimum atomic E-state index is -0.470. The van der Waals surface area contributed by atoms with Crippen LogP contribution in [0.5, 0.6) is 0 Å². The van der Waals surface area contributed by atoms with Gasteiger partial charge in [0.2, 0.25) is 0 Å². The zero-order valence-corrected chi connectivity index (χ0v) is 12.8. The van der Waals surface area contributed by atoms with Crippen LogP contribution in [0.25, 0.3) is 0 Å². The Kier molecular flexibility index (Phi) is 4.98. The van der Waals surface area contributed by atoms with Crippen molar-refractivity contribution >= 4 is 21.8 Å². The normalized spacial score (nSPS) is 12.3. The molecule has 1 amide bonds. The van der Waals surface area contributed by atoms with E-state index in [1.165, 1.54) is 11.8 Å². The summed E-state index contributed by atoms with van der Waals surface area (Å²) in [6.07, 6.45) is 2.31. The lowest BCUT2D eigenvalue weighted by Crippen LogP contribution is -2.27. The molecule has 20 heavy (non-hydrogen) atoms. The van der Waals surface area contributed by atoms with E-state index in [-0.39, 0.29) is 0 Å². The number of carbonyl (C=O) groups is 1. The minimum Gasteiger partial charge on any atom is -0.467 e. The van der Waals surface area contributed by atoms with E-state index in [0.717, 1.165) is 10.9 Å². The molecule has 1 heterocycles. The van der Waals surface area contributed by atoms with Gasteiger partial charge in [-0.3, -0.25) is 4.79 Å². The number of furan rings is 1. The van der Waals surface area contributed by atoms with E-state index in [1.54, 1.807) is 6.07 Å². The minimum absolute atomic E-state index is 0.304. The van der Waals surface area contributed by atoms with E-state index in [2.05, 4.69) is 40.3 Å². The molecule has 1 aromatic carbocycles. The largest absolute Gasteiger partial charge is 0.467 e. The summed E-state index contributed by atoms with van der Waals surface area (Å²) in [4.78, 5) is 11.0. The molecular formula is C15H17BrN2O2. The van der Waals surface area contributed by atoms with Crippen molar-refractivity contribution in [3.63, 3.8) is 0 Å². The first-order valence-electron chi connectivity index (χ1n) is 6.39. The highest BCUT2D eigenvalue weighted by molar-refractivity contribution is 9.10. The van der Waals surface area contributed by atoms with Gasteiger partial charge in [-0.1, -0.05) is 28.1 Å². The van der Waals surface area contributed by atoms with Crippen molar-refractivity contribution in [2.45, 2.75) is 25.9 Å². The van der Waals surface area contributed by atoms with Crippen LogP contribution in [0.2, 0.25) is 0 Å². The third kappa shape index (κ3) is 4.21. The van der Waals surface area contributed by atoms with E-state index < -0.39 is 5.91 Å². The molecule has 3 N–H and O–H groups in total. The maximum absolute atomic E-state index is 11.0. The lowest BCUT2D eigenvalue weighted by atomic mass is 10.1. The van der Waals surface area contributed by atoms with Crippen LogP contribution in [0.4, 0.5) is 0 Å². The molecule has 0 radical (unpaired) electrons. The van der Waals surface area contributed by atoms with Gasteiger partial charge in [0.1, 0.15) is 12.0 Å². The number of amides is 1. The molecule has 2 rings (SSSR count). The van der Waals surface area contributed by atoms with Crippen molar-refractivity contribution in [1.29, 1.82) is 0 Å². The van der Waals surface area contributed by atoms with Gasteiger partial charge in [-0.25, -0.2) is 0 Å². The molecule has 1 atom stereocenters. The number of hydrogen-bond acceptors (Lipinski definition) is 3. The van der Waals surface area contributed by atoms with Gasteiger partial charge in [-0.2, -0.15) is 0 Å². The maximum Gasteiger partial charge on any atom is 0.251 e. The summed E-state index contributed by atoms with van der Waals surface area (Å²) < 4.78 is 6.35. The van der Waals surface area contributed by atoms with Gasteiger partial charge in [0.15, 0.2) is 0 Å². The second-order valence-corrected chi connectivity index (χ2v) is 5.69. The molecule has 0 aliphatic carbocycles. The molecule has 0 saturated heterocycles. The van der Waals surface area contributed by atoms with Crippen LogP contribution in [0, 0.1) is 0 Å². The first kappa shape index (κ1) is 14.8. The van der Waals surface area contributed by atoms with Crippen LogP contribution >= 0.6 is 15.9 Å². The van der Waals surface area contributed by atoms with E-state index in [0.29, 0.717) is 23.9 Å². The maximum atomic E-state index is 11.0. The molecule has 5 heteroatoms. The summed E-state index contributed by atoms with van der Waals surface area (Å²) in [5, 5.41) is 3.36. The molecule has 1 aromatic heterocycles. The predicted molar refractivity (Wildman–Crippen MR) is 81.4 cm³/mol. The van der Waals surface area contributed by atoms with Gasteiger partial charge in [-0.05, 0) is 37.1 Å². The third-order valence-electron chi connectivity index (χ3n) is 3.02. The molecule has 4 nitrogen and oxygen atoms in total. The highest BCUT2D eigenvalue weighted by Crippen LogP contribution is 2.12. The fourth-order valence-corrected chi connectivity index (χ4v) is 2.19. The zero-order chi connectivity index (χ0) is 14.5. The lowest BCUT2D eigenvalue weighted by molar-refractivity contribution is 0.0999. The molecular weight excluding hydrogens is 320 g/mol. The Morgan fingerprint density at radius 3 is 2.70 bits per heavy atom. The monoisotopic (exact) mass is 336 g/mol. The quantitative estimate of drug-likeness (QED) is 0.852. The standard InChI is InChI=1S/C15H17BrN2O2/c1-10(6-11-2-4-13(16)5-3-11)18-8-14-7-12(9-20-14)15(17)19/h2-5,7,9-10,18H,6,8H2,1H3,(H2,17,19). The van der Waals surface area contributed by atoms with Crippen LogP contribution in [0.15, 0.2) is 45.5 Å². The van der Waals surface area contributed by atoms with Crippen LogP contribution in [0.1, 0.15) is 28.6 Å². The predicted octanol–water partition coefficient (Wildman–Crippen LogP) is 2.86. The van der Waals surface area contributed by atoms with Crippen LogP contribution in [0.3, 0.4) is 0 Å². The third-order valence-corrected chi connectivity index (χ3v) is 3.55. The molecule has 0 fully saturated rings. The average Bonchev–Trinajstić information content (AvgIpc) is 2.88. The van der Waals surface area contributed by atoms with Crippen molar-refractivity contribution in [2.24, 2.45) is 5.73 Å². The van der Waals surface area contributed by atoms with E-state index in [1.807, 2.05) is 12.1 Å². The molecule has 0 spiro atoms. The van der Waals surface area contributed by atoms with Gasteiger partial charge in [-0.15, -0.1) is 0 Å². The number of benzene rings is 1. The van der Waals surface area contributed by atoms with Crippen molar-refractivity contribution < 1.29 is 9.21 Å². The molecule has 0 saturated carbocycles. The lowest BCUT2D eigenvalue weighted by Gasteiger charge is -2.12. The summed E-state index contributed by atoms with van der Waals surface area (Å²) in [5.74, 6) is 0.240. The number of nitrogens with two attached hydrogens (primary N) is 1. The number of nitrogens with one attached hydrogen (secondary N) is 1. The average molecular weight is 337 g/mol. The fourth-order valence-electron chi connectivity index (χ4n) is 1.92. The Morgan fingerprint density at radius 1 is 1.40 bits per heavy atom. The van der Waals surface area contributed by atoms with Crippen LogP contribution < -0.4 is 11.1 Å². The zero-order valence-electron chi connectivity index (χ0n) is 11.2. The summed E-state index contributed by atoms with van der Waals surface area (Å²) in [7, 11) is 0. The number of rotatable bonds is 6. The molecule has 1 unspecified atom stereocenters. The van der Waals surface area contributed by atoms with E-state index in [9.17, 15) is 4.79 Å². The van der Waals surface area contributed by atoms with E-state index in [4.69, 9.17) is 10.2 Å². The Morgan fingerprint density at radius 2 is 2.10 bits per heavy atom. The van der Waals surface area contributed by atoms with Gasteiger partial charge >= 0.3 is 0 Å². The van der Waals surface area contributed by atoms with Gasteiger partial charge in [0.25, 0.3) is 5.91 Å².